The first-order valence-corrected chi connectivity index (χ1v) is 7.74. The molecule has 1 amide bonds. The van der Waals surface area contributed by atoms with Gasteiger partial charge in [0.1, 0.15) is 5.75 Å². The van der Waals surface area contributed by atoms with Crippen LogP contribution in [0.3, 0.4) is 0 Å². The van der Waals surface area contributed by atoms with E-state index in [9.17, 15) is 4.79 Å². The van der Waals surface area contributed by atoms with Crippen LogP contribution < -0.4 is 10.1 Å². The van der Waals surface area contributed by atoms with Crippen LogP contribution >= 0.6 is 27.5 Å². The Morgan fingerprint density at radius 3 is 3.10 bits per heavy atom. The number of carbonyl (C=O) groups is 1. The molecule has 0 saturated carbocycles. The molecule has 110 valence electrons. The molecule has 1 heterocycles. The maximum Gasteiger partial charge on any atom is 0.260 e. The SMILES string of the molecule is CC(Oc1ccc(Cl)cc1Br)C(=O)NCC1CCCO1. The highest BCUT2D eigenvalue weighted by Crippen LogP contribution is 2.28. The van der Waals surface area contributed by atoms with E-state index in [2.05, 4.69) is 21.2 Å². The van der Waals surface area contributed by atoms with Crippen molar-refractivity contribution in [1.29, 1.82) is 0 Å². The average Bonchev–Trinajstić information content (AvgIpc) is 2.92. The fourth-order valence-electron chi connectivity index (χ4n) is 1.98. The second kappa shape index (κ2) is 7.29. The average molecular weight is 363 g/mol. The molecule has 4 nitrogen and oxygen atoms in total. The van der Waals surface area contributed by atoms with E-state index in [1.54, 1.807) is 25.1 Å². The van der Waals surface area contributed by atoms with Crippen molar-refractivity contribution in [3.8, 4) is 5.75 Å². The summed E-state index contributed by atoms with van der Waals surface area (Å²) in [7, 11) is 0. The summed E-state index contributed by atoms with van der Waals surface area (Å²) in [5, 5.41) is 3.46. The molecule has 2 rings (SSSR count). The Bertz CT molecular complexity index is 477. The summed E-state index contributed by atoms with van der Waals surface area (Å²) in [4.78, 5) is 11.9. The molecule has 1 N–H and O–H groups in total. The molecule has 0 aliphatic carbocycles. The second-order valence-electron chi connectivity index (χ2n) is 4.72. The normalized spacial score (nSPS) is 19.6. The zero-order chi connectivity index (χ0) is 14.5. The molecule has 2 unspecified atom stereocenters. The van der Waals surface area contributed by atoms with Gasteiger partial charge in [-0.05, 0) is 53.9 Å². The Morgan fingerprint density at radius 1 is 1.65 bits per heavy atom. The number of nitrogens with one attached hydrogen (secondary N) is 1. The highest BCUT2D eigenvalue weighted by Gasteiger charge is 2.20. The van der Waals surface area contributed by atoms with Crippen molar-refractivity contribution in [3.63, 3.8) is 0 Å². The van der Waals surface area contributed by atoms with Crippen molar-refractivity contribution in [2.45, 2.75) is 32.0 Å². The third-order valence-electron chi connectivity index (χ3n) is 3.09. The van der Waals surface area contributed by atoms with Gasteiger partial charge in [0.15, 0.2) is 6.10 Å². The van der Waals surface area contributed by atoms with Gasteiger partial charge in [-0.1, -0.05) is 11.6 Å². The Kier molecular flexibility index (Phi) is 5.69. The predicted molar refractivity (Wildman–Crippen MR) is 81.2 cm³/mol. The predicted octanol–water partition coefficient (Wildman–Crippen LogP) is 3.17. The lowest BCUT2D eigenvalue weighted by Crippen LogP contribution is -2.40. The quantitative estimate of drug-likeness (QED) is 0.875. The summed E-state index contributed by atoms with van der Waals surface area (Å²) in [6.45, 7) is 3.03. The molecule has 1 aliphatic heterocycles. The lowest BCUT2D eigenvalue weighted by molar-refractivity contribution is -0.127. The van der Waals surface area contributed by atoms with Gasteiger partial charge in [-0.3, -0.25) is 4.79 Å². The summed E-state index contributed by atoms with van der Waals surface area (Å²) in [6.07, 6.45) is 1.62. The summed E-state index contributed by atoms with van der Waals surface area (Å²) >= 11 is 9.22. The molecule has 1 fully saturated rings. The fraction of sp³-hybridized carbons (Fsp3) is 0.500. The van der Waals surface area contributed by atoms with Crippen molar-refractivity contribution < 1.29 is 14.3 Å². The minimum Gasteiger partial charge on any atom is -0.480 e. The van der Waals surface area contributed by atoms with E-state index in [0.717, 1.165) is 23.9 Å². The smallest absolute Gasteiger partial charge is 0.260 e. The third kappa shape index (κ3) is 4.36. The molecule has 1 aliphatic rings. The highest BCUT2D eigenvalue weighted by atomic mass is 79.9. The van der Waals surface area contributed by atoms with Gasteiger partial charge in [0.25, 0.3) is 5.91 Å². The van der Waals surface area contributed by atoms with E-state index < -0.39 is 6.10 Å². The fourth-order valence-corrected chi connectivity index (χ4v) is 2.75. The number of hydrogen-bond acceptors (Lipinski definition) is 3. The van der Waals surface area contributed by atoms with E-state index in [1.807, 2.05) is 0 Å². The Morgan fingerprint density at radius 2 is 2.45 bits per heavy atom. The van der Waals surface area contributed by atoms with E-state index >= 15 is 0 Å². The minimum absolute atomic E-state index is 0.133. The first-order chi connectivity index (χ1) is 9.56. The number of benzene rings is 1. The number of ether oxygens (including phenoxy) is 2. The number of halogens is 2. The third-order valence-corrected chi connectivity index (χ3v) is 3.95. The molecule has 1 aromatic rings. The number of rotatable bonds is 5. The Hall–Kier alpha value is -0.780. The van der Waals surface area contributed by atoms with Crippen LogP contribution in [-0.2, 0) is 9.53 Å². The van der Waals surface area contributed by atoms with Crippen LogP contribution in [0.25, 0.3) is 0 Å². The number of carbonyl (C=O) groups excluding carboxylic acids is 1. The first-order valence-electron chi connectivity index (χ1n) is 6.57. The van der Waals surface area contributed by atoms with E-state index in [1.165, 1.54) is 0 Å². The molecule has 2 atom stereocenters. The van der Waals surface area contributed by atoms with Gasteiger partial charge < -0.3 is 14.8 Å². The van der Waals surface area contributed by atoms with Crippen LogP contribution in [0.1, 0.15) is 19.8 Å². The van der Waals surface area contributed by atoms with E-state index in [0.29, 0.717) is 17.3 Å². The summed E-state index contributed by atoms with van der Waals surface area (Å²) in [5.74, 6) is 0.441. The van der Waals surface area contributed by atoms with Gasteiger partial charge in [-0.15, -0.1) is 0 Å². The van der Waals surface area contributed by atoms with Crippen LogP contribution in [0.5, 0.6) is 5.75 Å². The van der Waals surface area contributed by atoms with Crippen LogP contribution in [-0.4, -0.2) is 31.3 Å². The van der Waals surface area contributed by atoms with Gasteiger partial charge in [0, 0.05) is 18.2 Å². The Labute approximate surface area is 131 Å². The molecule has 0 radical (unpaired) electrons. The molecular weight excluding hydrogens is 346 g/mol. The number of amides is 1. The molecule has 0 bridgehead atoms. The number of hydrogen-bond donors (Lipinski definition) is 1. The minimum atomic E-state index is -0.575. The second-order valence-corrected chi connectivity index (χ2v) is 6.01. The standard InChI is InChI=1S/C14H17BrClNO3/c1-9(14(18)17-8-11-3-2-6-19-11)20-13-5-4-10(16)7-12(13)15/h4-5,7,9,11H,2-3,6,8H2,1H3,(H,17,18). The summed E-state index contributed by atoms with van der Waals surface area (Å²) < 4.78 is 11.8. The Balaban J connectivity index is 1.83. The zero-order valence-corrected chi connectivity index (χ0v) is 13.5. The lowest BCUT2D eigenvalue weighted by atomic mass is 10.2. The van der Waals surface area contributed by atoms with Gasteiger partial charge in [-0.2, -0.15) is 0 Å². The summed E-state index contributed by atoms with van der Waals surface area (Å²) in [6, 6.07) is 5.18. The molecule has 0 aromatic heterocycles. The topological polar surface area (TPSA) is 47.6 Å². The van der Waals surface area contributed by atoms with E-state index in [-0.39, 0.29) is 12.0 Å². The zero-order valence-electron chi connectivity index (χ0n) is 11.2. The van der Waals surface area contributed by atoms with Crippen LogP contribution in [0, 0.1) is 0 Å². The van der Waals surface area contributed by atoms with Crippen molar-refractivity contribution >= 4 is 33.4 Å². The van der Waals surface area contributed by atoms with E-state index in [4.69, 9.17) is 21.1 Å². The lowest BCUT2D eigenvalue weighted by Gasteiger charge is -2.17. The first kappa shape index (κ1) is 15.6. The van der Waals surface area contributed by atoms with Crippen LogP contribution in [0.4, 0.5) is 0 Å². The highest BCUT2D eigenvalue weighted by molar-refractivity contribution is 9.10. The van der Waals surface area contributed by atoms with Crippen molar-refractivity contribution in [3.05, 3.63) is 27.7 Å². The van der Waals surface area contributed by atoms with Gasteiger partial charge in [0.2, 0.25) is 0 Å². The largest absolute Gasteiger partial charge is 0.480 e. The van der Waals surface area contributed by atoms with Gasteiger partial charge in [-0.25, -0.2) is 0 Å². The monoisotopic (exact) mass is 361 g/mol. The van der Waals surface area contributed by atoms with Crippen LogP contribution in [0.2, 0.25) is 5.02 Å². The molecule has 6 heteroatoms. The van der Waals surface area contributed by atoms with Crippen molar-refractivity contribution in [1.82, 2.24) is 5.32 Å². The van der Waals surface area contributed by atoms with Gasteiger partial charge in [0.05, 0.1) is 10.6 Å². The molecular formula is C14H17BrClNO3. The molecule has 0 spiro atoms. The summed E-state index contributed by atoms with van der Waals surface area (Å²) in [5.41, 5.74) is 0. The van der Waals surface area contributed by atoms with Crippen molar-refractivity contribution in [2.75, 3.05) is 13.2 Å². The van der Waals surface area contributed by atoms with Gasteiger partial charge >= 0.3 is 0 Å². The van der Waals surface area contributed by atoms with Crippen LogP contribution in [0.15, 0.2) is 22.7 Å². The maximum atomic E-state index is 11.9. The molecule has 1 aromatic carbocycles. The van der Waals surface area contributed by atoms with Crippen molar-refractivity contribution in [2.24, 2.45) is 0 Å². The molecule has 20 heavy (non-hydrogen) atoms. The molecule has 1 saturated heterocycles. The maximum absolute atomic E-state index is 11.9.